The summed E-state index contributed by atoms with van der Waals surface area (Å²) in [6, 6.07) is 9.28. The van der Waals surface area contributed by atoms with Crippen LogP contribution in [0.1, 0.15) is 30.4 Å². The Morgan fingerprint density at radius 1 is 1.36 bits per heavy atom. The van der Waals surface area contributed by atoms with E-state index < -0.39 is 6.09 Å². The molecule has 0 aliphatic carbocycles. The van der Waals surface area contributed by atoms with Gasteiger partial charge in [-0.15, -0.1) is 0 Å². The second-order valence-electron chi connectivity index (χ2n) is 6.90. The number of amides is 1. The van der Waals surface area contributed by atoms with Crippen molar-refractivity contribution in [3.63, 3.8) is 0 Å². The molecule has 1 aliphatic rings. The van der Waals surface area contributed by atoms with Gasteiger partial charge in [-0.05, 0) is 82.5 Å². The van der Waals surface area contributed by atoms with Gasteiger partial charge in [-0.3, -0.25) is 0 Å². The highest BCUT2D eigenvalue weighted by Gasteiger charge is 2.17. The maximum absolute atomic E-state index is 11.0. The van der Waals surface area contributed by atoms with Crippen molar-refractivity contribution in [3.05, 3.63) is 35.4 Å². The molecule has 3 N–H and O–H groups in total. The molecule has 25 heavy (non-hydrogen) atoms. The van der Waals surface area contributed by atoms with E-state index in [4.69, 9.17) is 10.4 Å². The van der Waals surface area contributed by atoms with Crippen LogP contribution >= 0.6 is 0 Å². The fourth-order valence-corrected chi connectivity index (χ4v) is 3.25. The zero-order valence-corrected chi connectivity index (χ0v) is 14.9. The van der Waals surface area contributed by atoms with Gasteiger partial charge in [0.05, 0.1) is 11.6 Å². The predicted molar refractivity (Wildman–Crippen MR) is 97.5 cm³/mol. The molecule has 6 nitrogen and oxygen atoms in total. The second-order valence-corrected chi connectivity index (χ2v) is 6.90. The maximum atomic E-state index is 11.0. The van der Waals surface area contributed by atoms with E-state index in [0.717, 1.165) is 44.1 Å². The number of likely N-dealkylation sites (tertiary alicyclic amines) is 1. The van der Waals surface area contributed by atoms with E-state index in [1.54, 1.807) is 12.1 Å². The maximum Gasteiger partial charge on any atom is 0.404 e. The number of nitrogens with zero attached hydrogens (tertiary/aromatic N) is 2. The highest BCUT2D eigenvalue weighted by atomic mass is 16.4. The summed E-state index contributed by atoms with van der Waals surface area (Å²) in [6.07, 6.45) is 2.85. The molecule has 1 heterocycles. The third-order valence-electron chi connectivity index (χ3n) is 4.83. The van der Waals surface area contributed by atoms with E-state index in [0.29, 0.717) is 12.0 Å². The van der Waals surface area contributed by atoms with Crippen LogP contribution in [-0.4, -0.2) is 55.4 Å². The van der Waals surface area contributed by atoms with E-state index >= 15 is 0 Å². The largest absolute Gasteiger partial charge is 0.465 e. The molecule has 1 aromatic carbocycles. The fourth-order valence-electron chi connectivity index (χ4n) is 3.25. The van der Waals surface area contributed by atoms with Crippen molar-refractivity contribution in [1.29, 1.82) is 5.26 Å². The Kier molecular flexibility index (Phi) is 7.71. The Hall–Kier alpha value is -2.10. The van der Waals surface area contributed by atoms with Crippen LogP contribution < -0.4 is 10.6 Å². The van der Waals surface area contributed by atoms with Gasteiger partial charge in [-0.1, -0.05) is 12.1 Å². The molecule has 0 radical (unpaired) electrons. The van der Waals surface area contributed by atoms with Crippen molar-refractivity contribution >= 4 is 6.09 Å². The molecule has 1 saturated heterocycles. The van der Waals surface area contributed by atoms with Crippen LogP contribution in [-0.2, 0) is 6.42 Å². The Labute approximate surface area is 149 Å². The van der Waals surface area contributed by atoms with Crippen LogP contribution in [0, 0.1) is 17.2 Å². The first kappa shape index (κ1) is 19.2. The number of hydrogen-bond donors (Lipinski definition) is 3. The minimum absolute atomic E-state index is 0.129. The molecule has 1 amide bonds. The van der Waals surface area contributed by atoms with Crippen LogP contribution in [0.15, 0.2) is 24.3 Å². The molecule has 0 bridgehead atoms. The molecule has 0 unspecified atom stereocenters. The number of piperidine rings is 1. The number of rotatable bonds is 8. The third kappa shape index (κ3) is 7.12. The molecule has 6 heteroatoms. The lowest BCUT2D eigenvalue weighted by atomic mass is 9.97. The lowest BCUT2D eigenvalue weighted by Gasteiger charge is -2.29. The number of carbonyl (C=O) groups is 1. The second kappa shape index (κ2) is 10.0. The summed E-state index contributed by atoms with van der Waals surface area (Å²) < 4.78 is 0. The summed E-state index contributed by atoms with van der Waals surface area (Å²) in [5.74, 6) is 0.723. The number of benzene rings is 1. The van der Waals surface area contributed by atoms with Crippen molar-refractivity contribution in [2.45, 2.75) is 31.7 Å². The lowest BCUT2D eigenvalue weighted by molar-refractivity contribution is 0.188. The standard InChI is InChI=1S/C19H28N4O2/c1-23-10-7-17(8-11-23)14-21-9-6-18(22-19(24)25)12-15-2-4-16(13-20)5-3-15/h2-5,17-18,21-22H,6-12,14H2,1H3,(H,24,25)/t18-/m0/s1. The SMILES string of the molecule is CN1CCC(CNCC[C@@H](Cc2ccc(C#N)cc2)NC(=O)O)CC1. The van der Waals surface area contributed by atoms with E-state index in [9.17, 15) is 4.79 Å². The Morgan fingerprint density at radius 3 is 2.64 bits per heavy atom. The summed E-state index contributed by atoms with van der Waals surface area (Å²) in [4.78, 5) is 13.4. The number of carboxylic acid groups (broad SMARTS) is 1. The summed E-state index contributed by atoms with van der Waals surface area (Å²) in [5.41, 5.74) is 1.65. The van der Waals surface area contributed by atoms with Gasteiger partial charge in [-0.25, -0.2) is 4.79 Å². The average Bonchev–Trinajstić information content (AvgIpc) is 2.60. The normalized spacial score (nSPS) is 17.0. The number of nitrogens with one attached hydrogen (secondary N) is 2. The highest BCUT2D eigenvalue weighted by molar-refractivity contribution is 5.64. The third-order valence-corrected chi connectivity index (χ3v) is 4.83. The first-order valence-corrected chi connectivity index (χ1v) is 8.94. The van der Waals surface area contributed by atoms with E-state index in [1.807, 2.05) is 12.1 Å². The monoisotopic (exact) mass is 344 g/mol. The number of hydrogen-bond acceptors (Lipinski definition) is 4. The first-order chi connectivity index (χ1) is 12.1. The molecule has 0 saturated carbocycles. The molecule has 0 aromatic heterocycles. The predicted octanol–water partition coefficient (Wildman–Crippen LogP) is 2.06. The molecule has 1 atom stereocenters. The Bertz CT molecular complexity index is 574. The van der Waals surface area contributed by atoms with Crippen molar-refractivity contribution in [1.82, 2.24) is 15.5 Å². The fraction of sp³-hybridized carbons (Fsp3) is 0.579. The molecule has 1 aliphatic heterocycles. The zero-order valence-electron chi connectivity index (χ0n) is 14.9. The first-order valence-electron chi connectivity index (χ1n) is 8.94. The van der Waals surface area contributed by atoms with Gasteiger partial charge in [0, 0.05) is 6.04 Å². The van der Waals surface area contributed by atoms with E-state index in [1.165, 1.54) is 12.8 Å². The van der Waals surface area contributed by atoms with Gasteiger partial charge in [-0.2, -0.15) is 5.26 Å². The van der Waals surface area contributed by atoms with Crippen LogP contribution in [0.5, 0.6) is 0 Å². The van der Waals surface area contributed by atoms with Crippen LogP contribution in [0.3, 0.4) is 0 Å². The van der Waals surface area contributed by atoms with Crippen LogP contribution in [0.25, 0.3) is 0 Å². The molecule has 1 aromatic rings. The van der Waals surface area contributed by atoms with Gasteiger partial charge >= 0.3 is 6.09 Å². The van der Waals surface area contributed by atoms with Gasteiger partial charge in [0.15, 0.2) is 0 Å². The summed E-state index contributed by atoms with van der Waals surface area (Å²) in [5, 5.41) is 24.0. The summed E-state index contributed by atoms with van der Waals surface area (Å²) in [6.45, 7) is 4.13. The molecular weight excluding hydrogens is 316 g/mol. The van der Waals surface area contributed by atoms with Crippen molar-refractivity contribution in [2.24, 2.45) is 5.92 Å². The summed E-state index contributed by atoms with van der Waals surface area (Å²) >= 11 is 0. The van der Waals surface area contributed by atoms with E-state index in [2.05, 4.69) is 28.7 Å². The minimum Gasteiger partial charge on any atom is -0.465 e. The van der Waals surface area contributed by atoms with Gasteiger partial charge in [0.25, 0.3) is 0 Å². The van der Waals surface area contributed by atoms with Crippen molar-refractivity contribution in [2.75, 3.05) is 33.2 Å². The molecular formula is C19H28N4O2. The highest BCUT2D eigenvalue weighted by Crippen LogP contribution is 2.14. The quantitative estimate of drug-likeness (QED) is 0.628. The molecule has 1 fully saturated rings. The van der Waals surface area contributed by atoms with Gasteiger partial charge in [0.1, 0.15) is 0 Å². The van der Waals surface area contributed by atoms with Crippen LogP contribution in [0.4, 0.5) is 4.79 Å². The molecule has 136 valence electrons. The summed E-state index contributed by atoms with van der Waals surface area (Å²) in [7, 11) is 2.16. The Balaban J connectivity index is 1.75. The lowest BCUT2D eigenvalue weighted by Crippen LogP contribution is -2.39. The van der Waals surface area contributed by atoms with Gasteiger partial charge < -0.3 is 20.6 Å². The van der Waals surface area contributed by atoms with E-state index in [-0.39, 0.29) is 6.04 Å². The van der Waals surface area contributed by atoms with Crippen molar-refractivity contribution < 1.29 is 9.90 Å². The topological polar surface area (TPSA) is 88.4 Å². The van der Waals surface area contributed by atoms with Crippen LogP contribution in [0.2, 0.25) is 0 Å². The smallest absolute Gasteiger partial charge is 0.404 e. The van der Waals surface area contributed by atoms with Gasteiger partial charge in [0.2, 0.25) is 0 Å². The Morgan fingerprint density at radius 2 is 2.04 bits per heavy atom. The average molecular weight is 344 g/mol. The molecule has 0 spiro atoms. The zero-order chi connectivity index (χ0) is 18.1. The minimum atomic E-state index is -0.992. The molecule has 2 rings (SSSR count). The van der Waals surface area contributed by atoms with Crippen molar-refractivity contribution in [3.8, 4) is 6.07 Å². The number of nitriles is 1.